The predicted molar refractivity (Wildman–Crippen MR) is 231 cm³/mol. The molecule has 1 aliphatic carbocycles. The summed E-state index contributed by atoms with van der Waals surface area (Å²) in [4.78, 5) is 36.2. The lowest BCUT2D eigenvalue weighted by Gasteiger charge is -2.38. The van der Waals surface area contributed by atoms with Crippen molar-refractivity contribution in [3.05, 3.63) is 220 Å². The van der Waals surface area contributed by atoms with Gasteiger partial charge in [0.05, 0.1) is 16.6 Å². The Hall–Kier alpha value is -7.05. The molecule has 5 heterocycles. The van der Waals surface area contributed by atoms with Crippen LogP contribution in [0.5, 0.6) is 0 Å². The van der Waals surface area contributed by atoms with Crippen molar-refractivity contribution in [3.8, 4) is 11.1 Å². The van der Waals surface area contributed by atoms with E-state index >= 15 is 0 Å². The summed E-state index contributed by atoms with van der Waals surface area (Å²) >= 11 is 0. The molecule has 0 spiro atoms. The molecule has 2 N–H and O–H groups in total. The number of nitrogens with zero attached hydrogens (tertiary/aromatic N) is 2. The Labute approximate surface area is 337 Å². The van der Waals surface area contributed by atoms with Crippen molar-refractivity contribution >= 4 is 34.4 Å². The molecule has 10 rings (SSSR count). The third-order valence-corrected chi connectivity index (χ3v) is 11.9. The zero-order valence-electron chi connectivity index (χ0n) is 32.1. The van der Waals surface area contributed by atoms with Gasteiger partial charge in [-0.3, -0.25) is 19.0 Å². The Morgan fingerprint density at radius 2 is 1.33 bits per heavy atom. The van der Waals surface area contributed by atoms with Crippen LogP contribution in [0.2, 0.25) is 0 Å². The average molecular weight is 755 g/mol. The fraction of sp³-hybridized carbons (Fsp3) is 0.135. The molecule has 6 heteroatoms. The van der Waals surface area contributed by atoms with Crippen molar-refractivity contribution in [2.24, 2.45) is 10.9 Å². The van der Waals surface area contributed by atoms with Crippen LogP contribution in [0.1, 0.15) is 65.0 Å². The van der Waals surface area contributed by atoms with Gasteiger partial charge in [-0.05, 0) is 91.1 Å². The van der Waals surface area contributed by atoms with Gasteiger partial charge in [0.25, 0.3) is 0 Å². The highest BCUT2D eigenvalue weighted by molar-refractivity contribution is 6.08. The summed E-state index contributed by atoms with van der Waals surface area (Å²) in [5.41, 5.74) is 10.2. The summed E-state index contributed by atoms with van der Waals surface area (Å²) in [5, 5.41) is 5.26. The van der Waals surface area contributed by atoms with Crippen LogP contribution in [-0.2, 0) is 4.79 Å². The quantitative estimate of drug-likeness (QED) is 0.121. The van der Waals surface area contributed by atoms with E-state index in [1.165, 1.54) is 0 Å². The van der Waals surface area contributed by atoms with Crippen LogP contribution in [0.4, 0.5) is 0 Å². The maximum Gasteiger partial charge on any atom is 0.248 e. The van der Waals surface area contributed by atoms with E-state index in [0.29, 0.717) is 11.3 Å². The monoisotopic (exact) mass is 754 g/mol. The molecule has 7 aromatic rings. The second kappa shape index (κ2) is 14.8. The van der Waals surface area contributed by atoms with E-state index in [0.717, 1.165) is 98.5 Å². The van der Waals surface area contributed by atoms with Crippen LogP contribution >= 0.6 is 0 Å². The zero-order chi connectivity index (χ0) is 39.1. The van der Waals surface area contributed by atoms with Crippen molar-refractivity contribution in [3.63, 3.8) is 0 Å². The molecule has 1 amide bonds. The first-order valence-corrected chi connectivity index (χ1v) is 20.2. The van der Waals surface area contributed by atoms with Gasteiger partial charge in [0, 0.05) is 45.0 Å². The summed E-state index contributed by atoms with van der Waals surface area (Å²) in [6.45, 7) is 0. The Balaban J connectivity index is 1.31. The Morgan fingerprint density at radius 1 is 0.672 bits per heavy atom. The van der Waals surface area contributed by atoms with Gasteiger partial charge < -0.3 is 10.3 Å². The second-order valence-electron chi connectivity index (χ2n) is 15.4. The number of hydrogen-bond donors (Lipinski definition) is 2. The minimum atomic E-state index is -0.789. The molecule has 2 unspecified atom stereocenters. The molecule has 3 aliphatic rings. The van der Waals surface area contributed by atoms with Crippen molar-refractivity contribution in [1.82, 2.24) is 14.7 Å². The number of nitrogens with one attached hydrogen (secondary N) is 2. The molecule has 0 saturated heterocycles. The number of carbonyl (C=O) groups excluding carboxylic acids is 2. The number of ketones is 1. The predicted octanol–water partition coefficient (Wildman–Crippen LogP) is 8.52. The molecule has 58 heavy (non-hydrogen) atoms. The molecule has 2 atom stereocenters. The largest absolute Gasteiger partial charge is 0.352 e. The van der Waals surface area contributed by atoms with Crippen LogP contribution < -0.4 is 21.4 Å². The van der Waals surface area contributed by atoms with Crippen LogP contribution in [-0.4, -0.2) is 26.6 Å². The molecule has 0 fully saturated rings. The fourth-order valence-electron chi connectivity index (χ4n) is 9.34. The number of hydrogen-bond acceptors (Lipinski definition) is 3. The van der Waals surface area contributed by atoms with Crippen LogP contribution in [0.25, 0.3) is 33.9 Å². The van der Waals surface area contributed by atoms with Gasteiger partial charge in [0.15, 0.2) is 0 Å². The van der Waals surface area contributed by atoms with Gasteiger partial charge >= 0.3 is 0 Å². The number of rotatable bonds is 8. The minimum absolute atomic E-state index is 0.0573. The topological polar surface area (TPSA) is 78.7 Å². The van der Waals surface area contributed by atoms with E-state index in [9.17, 15) is 9.59 Å². The SMILES string of the molecule is O=C1C=C/C(=C(\c2ccccc2)C2(C3CC/C=C\CCC3)C=c3c(-c4ccccc4)c4cc/c(=C(\c5ccccc5)c5ccc(C(=O)c6ccccc6)[nH]5)n4c3=N2)N1. The molecule has 3 aromatic heterocycles. The number of amides is 1. The van der Waals surface area contributed by atoms with Crippen LogP contribution in [0, 0.1) is 5.92 Å². The third kappa shape index (κ3) is 6.09. The van der Waals surface area contributed by atoms with Crippen molar-refractivity contribution in [2.45, 2.75) is 37.6 Å². The fourth-order valence-corrected chi connectivity index (χ4v) is 9.34. The van der Waals surface area contributed by atoms with Crippen molar-refractivity contribution < 1.29 is 9.59 Å². The van der Waals surface area contributed by atoms with Gasteiger partial charge in [-0.1, -0.05) is 133 Å². The number of carbonyl (C=O) groups is 2. The average Bonchev–Trinajstić information content (AvgIpc) is 4.10. The molecule has 4 aromatic carbocycles. The van der Waals surface area contributed by atoms with E-state index in [1.54, 1.807) is 6.08 Å². The summed E-state index contributed by atoms with van der Waals surface area (Å²) < 4.78 is 2.33. The first-order chi connectivity index (χ1) is 28.6. The van der Waals surface area contributed by atoms with E-state index < -0.39 is 5.54 Å². The number of aromatic nitrogens is 2. The summed E-state index contributed by atoms with van der Waals surface area (Å²) in [6, 6.07) is 49.2. The highest BCUT2D eigenvalue weighted by atomic mass is 16.1. The molecule has 2 aliphatic heterocycles. The number of fused-ring (bicyclic) bond motifs is 3. The second-order valence-corrected chi connectivity index (χ2v) is 15.4. The standard InChI is InChI=1S/C52H42N4O2/c57-46-33-30-42(54-46)49(37-22-12-6-13-23-37)52(39-26-16-2-1-3-17-27-39)34-40-47(35-18-8-4-9-19-35)44-31-32-45(56(44)51(40)55-52)48(36-20-10-5-11-21-36)41-28-29-43(53-41)50(58)38-24-14-7-15-25-38/h1-2,4-15,18-25,28-34,39,53H,3,16-17,26-27H2,(H,54,57)/b2-1-,48-45-,49-42-. The van der Waals surface area contributed by atoms with E-state index in [4.69, 9.17) is 4.99 Å². The third-order valence-electron chi connectivity index (χ3n) is 11.9. The Kier molecular flexibility index (Phi) is 9.02. The zero-order valence-corrected chi connectivity index (χ0v) is 32.1. The molecule has 282 valence electrons. The van der Waals surface area contributed by atoms with Gasteiger partial charge in [-0.2, -0.15) is 0 Å². The molecular formula is C52H42N4O2. The number of aromatic amines is 1. The number of benzene rings is 4. The van der Waals surface area contributed by atoms with Crippen molar-refractivity contribution in [1.29, 1.82) is 0 Å². The Bertz CT molecular complexity index is 2970. The van der Waals surface area contributed by atoms with E-state index in [1.807, 2.05) is 60.7 Å². The summed E-state index contributed by atoms with van der Waals surface area (Å²) in [7, 11) is 0. The minimum Gasteiger partial charge on any atom is -0.352 e. The van der Waals surface area contributed by atoms with Gasteiger partial charge in [-0.15, -0.1) is 0 Å². The lowest BCUT2D eigenvalue weighted by molar-refractivity contribution is -0.115. The van der Waals surface area contributed by atoms with Gasteiger partial charge in [0.2, 0.25) is 11.7 Å². The number of H-pyrrole nitrogens is 1. The highest BCUT2D eigenvalue weighted by Gasteiger charge is 2.45. The Morgan fingerprint density at radius 3 is 2.03 bits per heavy atom. The normalized spacial score (nSPS) is 20.7. The first kappa shape index (κ1) is 35.4. The van der Waals surface area contributed by atoms with E-state index in [-0.39, 0.29) is 17.6 Å². The molecule has 0 saturated carbocycles. The molecular weight excluding hydrogens is 713 g/mol. The smallest absolute Gasteiger partial charge is 0.248 e. The molecule has 0 radical (unpaired) electrons. The first-order valence-electron chi connectivity index (χ1n) is 20.2. The lowest BCUT2D eigenvalue weighted by Crippen LogP contribution is -2.38. The van der Waals surface area contributed by atoms with Crippen LogP contribution in [0.3, 0.4) is 0 Å². The maximum absolute atomic E-state index is 13.7. The summed E-state index contributed by atoms with van der Waals surface area (Å²) in [5.74, 6) is -0.0239. The highest BCUT2D eigenvalue weighted by Crippen LogP contribution is 2.46. The lowest BCUT2D eigenvalue weighted by atomic mass is 9.70. The van der Waals surface area contributed by atoms with E-state index in [2.05, 4.69) is 124 Å². The number of allylic oxidation sites excluding steroid dienone is 3. The van der Waals surface area contributed by atoms with Crippen LogP contribution in [0.15, 0.2) is 181 Å². The molecule has 0 bridgehead atoms. The van der Waals surface area contributed by atoms with Crippen molar-refractivity contribution in [2.75, 3.05) is 0 Å². The van der Waals surface area contributed by atoms with Gasteiger partial charge in [0.1, 0.15) is 11.0 Å². The maximum atomic E-state index is 13.7. The molecule has 6 nitrogen and oxygen atoms in total. The van der Waals surface area contributed by atoms with Gasteiger partial charge in [-0.25, -0.2) is 0 Å². The summed E-state index contributed by atoms with van der Waals surface area (Å²) in [6.07, 6.45) is 15.6.